The normalized spacial score (nSPS) is 12.6. The maximum absolute atomic E-state index is 6.68. The van der Waals surface area contributed by atoms with Gasteiger partial charge in [-0.05, 0) is 19.1 Å². The van der Waals surface area contributed by atoms with Crippen LogP contribution in [0.5, 0.6) is 0 Å². The molecule has 0 fully saturated rings. The van der Waals surface area contributed by atoms with E-state index >= 15 is 0 Å². The van der Waals surface area contributed by atoms with E-state index in [9.17, 15) is 0 Å². The van der Waals surface area contributed by atoms with Crippen LogP contribution in [0, 0.1) is 12.3 Å². The Hall–Kier alpha value is -0.0900. The van der Waals surface area contributed by atoms with E-state index in [-0.39, 0.29) is 0 Å². The lowest BCUT2D eigenvalue weighted by Crippen LogP contribution is -1.96. The average molecular weight is 127 g/mol. The van der Waals surface area contributed by atoms with Crippen LogP contribution in [0.3, 0.4) is 0 Å². The van der Waals surface area contributed by atoms with Gasteiger partial charge in [-0.3, -0.25) is 0 Å². The molecule has 0 amide bonds. The summed E-state index contributed by atoms with van der Waals surface area (Å²) in [6.45, 7) is 2.14. The summed E-state index contributed by atoms with van der Waals surface area (Å²) in [4.78, 5) is 0. The molecule has 0 bridgehead atoms. The monoisotopic (exact) mass is 127 g/mol. The predicted octanol–water partition coefficient (Wildman–Crippen LogP) is 2.11. The molecule has 1 unspecified atom stereocenters. The molecule has 0 aromatic heterocycles. The summed E-state index contributed by atoms with van der Waals surface area (Å²) >= 11 is 1.81. The molecule has 1 atom stereocenters. The van der Waals surface area contributed by atoms with Gasteiger partial charge in [-0.25, -0.2) is 0 Å². The average Bonchev–Trinajstić information content (AvgIpc) is 1.83. The van der Waals surface area contributed by atoms with E-state index in [0.717, 1.165) is 12.8 Å². The van der Waals surface area contributed by atoms with Gasteiger partial charge >= 0.3 is 0 Å². The fourth-order valence-electron chi connectivity index (χ4n) is 0.508. The summed E-state index contributed by atoms with van der Waals surface area (Å²) in [5.74, 6) is 2.40. The van der Waals surface area contributed by atoms with Crippen molar-refractivity contribution < 1.29 is 0 Å². The molecule has 0 spiro atoms. The molecule has 0 nitrogen and oxygen atoms in total. The van der Waals surface area contributed by atoms with Crippen molar-refractivity contribution in [2.45, 2.75) is 25.0 Å². The molecule has 0 heterocycles. The highest BCUT2D eigenvalue weighted by Gasteiger charge is 1.98. The highest BCUT2D eigenvalue weighted by Crippen LogP contribution is 2.12. The van der Waals surface area contributed by atoms with Crippen LogP contribution in [0.1, 0.15) is 19.8 Å². The van der Waals surface area contributed by atoms with E-state index in [1.54, 1.807) is 0 Å². The maximum atomic E-state index is 6.68. The second-order valence-corrected chi connectivity index (χ2v) is 2.78. The van der Waals surface area contributed by atoms with Crippen LogP contribution < -0.4 is 0 Å². The van der Waals surface area contributed by atoms with Gasteiger partial charge in [0.15, 0.2) is 0 Å². The molecule has 1 heteroatoms. The van der Waals surface area contributed by atoms with Crippen molar-refractivity contribution in [3.8, 4) is 5.92 Å². The highest BCUT2D eigenvalue weighted by molar-refractivity contribution is 7.99. The lowest BCUT2D eigenvalue weighted by atomic mass is 10.2. The van der Waals surface area contributed by atoms with Crippen molar-refractivity contribution in [2.24, 2.45) is 0 Å². The minimum atomic E-state index is 0.618. The SMILES string of the molecule is [C]#CCC(CC)SC. The summed E-state index contributed by atoms with van der Waals surface area (Å²) in [5.41, 5.74) is 0. The first-order chi connectivity index (χ1) is 3.85. The van der Waals surface area contributed by atoms with Crippen molar-refractivity contribution in [2.75, 3.05) is 6.26 Å². The molecule has 0 N–H and O–H groups in total. The second kappa shape index (κ2) is 5.05. The molecule has 8 heavy (non-hydrogen) atoms. The van der Waals surface area contributed by atoms with Gasteiger partial charge in [0.2, 0.25) is 0 Å². The standard InChI is InChI=1S/C7H11S/c1-4-6-7(5-2)8-3/h7H,5-6H2,2-3H3. The third-order valence-corrected chi connectivity index (χ3v) is 2.29. The van der Waals surface area contributed by atoms with Gasteiger partial charge in [0.1, 0.15) is 0 Å². The van der Waals surface area contributed by atoms with Crippen LogP contribution in [0.2, 0.25) is 0 Å². The first-order valence-corrected chi connectivity index (χ1v) is 4.06. The molecule has 0 aliphatic heterocycles. The van der Waals surface area contributed by atoms with Gasteiger partial charge < -0.3 is 0 Å². The summed E-state index contributed by atoms with van der Waals surface area (Å²) in [6, 6.07) is 0. The predicted molar refractivity (Wildman–Crippen MR) is 39.3 cm³/mol. The smallest absolute Gasteiger partial charge is 0.0218 e. The molecule has 1 radical (unpaired) electrons. The van der Waals surface area contributed by atoms with E-state index in [2.05, 4.69) is 19.1 Å². The van der Waals surface area contributed by atoms with Crippen molar-refractivity contribution >= 4 is 11.8 Å². The largest absolute Gasteiger partial charge is 0.161 e. The number of rotatable bonds is 3. The van der Waals surface area contributed by atoms with Crippen LogP contribution in [0.15, 0.2) is 0 Å². The topological polar surface area (TPSA) is 0 Å². The molecule has 0 rings (SSSR count). The summed E-state index contributed by atoms with van der Waals surface area (Å²) < 4.78 is 0. The number of hydrogen-bond donors (Lipinski definition) is 0. The van der Waals surface area contributed by atoms with E-state index in [0.29, 0.717) is 5.25 Å². The van der Waals surface area contributed by atoms with Gasteiger partial charge in [-0.1, -0.05) is 12.8 Å². The van der Waals surface area contributed by atoms with Crippen molar-refractivity contribution in [1.29, 1.82) is 0 Å². The maximum Gasteiger partial charge on any atom is 0.0218 e. The van der Waals surface area contributed by atoms with Gasteiger partial charge in [-0.2, -0.15) is 11.8 Å². The lowest BCUT2D eigenvalue weighted by Gasteiger charge is -2.04. The molecule has 0 aliphatic carbocycles. The van der Waals surface area contributed by atoms with E-state index in [1.165, 1.54) is 0 Å². The van der Waals surface area contributed by atoms with E-state index < -0.39 is 0 Å². The number of hydrogen-bond acceptors (Lipinski definition) is 1. The molecule has 0 aromatic rings. The molecular formula is C7H11S. The Balaban J connectivity index is 3.25. The van der Waals surface area contributed by atoms with Crippen LogP contribution in [0.4, 0.5) is 0 Å². The van der Waals surface area contributed by atoms with Crippen molar-refractivity contribution in [3.63, 3.8) is 0 Å². The zero-order chi connectivity index (χ0) is 6.41. The second-order valence-electron chi connectivity index (χ2n) is 1.65. The van der Waals surface area contributed by atoms with Crippen molar-refractivity contribution in [3.05, 3.63) is 6.42 Å². The minimum absolute atomic E-state index is 0.618. The van der Waals surface area contributed by atoms with Crippen molar-refractivity contribution in [1.82, 2.24) is 0 Å². The quantitative estimate of drug-likeness (QED) is 0.523. The first kappa shape index (κ1) is 7.91. The van der Waals surface area contributed by atoms with Gasteiger partial charge in [0.05, 0.1) is 0 Å². The Morgan fingerprint density at radius 2 is 2.38 bits per heavy atom. The van der Waals surface area contributed by atoms with Crippen LogP contribution in [0.25, 0.3) is 0 Å². The fourth-order valence-corrected chi connectivity index (χ4v) is 1.09. The first-order valence-electron chi connectivity index (χ1n) is 2.77. The van der Waals surface area contributed by atoms with Crippen LogP contribution in [-0.4, -0.2) is 11.5 Å². The zero-order valence-electron chi connectivity index (χ0n) is 5.40. The molecule has 0 aromatic carbocycles. The Morgan fingerprint density at radius 3 is 2.50 bits per heavy atom. The van der Waals surface area contributed by atoms with Crippen LogP contribution in [-0.2, 0) is 0 Å². The van der Waals surface area contributed by atoms with Gasteiger partial charge in [0, 0.05) is 11.7 Å². The van der Waals surface area contributed by atoms with E-state index in [4.69, 9.17) is 6.42 Å². The minimum Gasteiger partial charge on any atom is -0.161 e. The Labute approximate surface area is 56.1 Å². The molecular weight excluding hydrogens is 116 g/mol. The highest BCUT2D eigenvalue weighted by atomic mass is 32.2. The fraction of sp³-hybridized carbons (Fsp3) is 0.714. The molecule has 0 saturated carbocycles. The molecule has 45 valence electrons. The van der Waals surface area contributed by atoms with Gasteiger partial charge in [0.25, 0.3) is 0 Å². The third kappa shape index (κ3) is 2.98. The molecule has 0 aliphatic rings. The summed E-state index contributed by atoms with van der Waals surface area (Å²) in [5, 5.41) is 0.618. The Morgan fingerprint density at radius 1 is 1.75 bits per heavy atom. The molecule has 0 saturated heterocycles. The Kier molecular flexibility index (Phi) is 5.00. The number of thioether (sulfide) groups is 1. The van der Waals surface area contributed by atoms with E-state index in [1.807, 2.05) is 11.8 Å². The lowest BCUT2D eigenvalue weighted by molar-refractivity contribution is 0.851. The zero-order valence-corrected chi connectivity index (χ0v) is 6.22. The van der Waals surface area contributed by atoms with Crippen LogP contribution >= 0.6 is 11.8 Å². The summed E-state index contributed by atoms with van der Waals surface area (Å²) in [6.07, 6.45) is 10.7. The third-order valence-electron chi connectivity index (χ3n) is 1.12. The summed E-state index contributed by atoms with van der Waals surface area (Å²) in [7, 11) is 0. The van der Waals surface area contributed by atoms with Gasteiger partial charge in [-0.15, -0.1) is 0 Å². The Bertz CT molecular complexity index is 76.9.